The summed E-state index contributed by atoms with van der Waals surface area (Å²) >= 11 is 0. The SMILES string of the molecule is CCNC(=NCCc1c(C)noc1C)NC(C)CCCC(C)C. The number of nitrogens with one attached hydrogen (secondary N) is 2. The molecule has 1 heterocycles. The minimum atomic E-state index is 0.436. The van der Waals surface area contributed by atoms with Crippen molar-refractivity contribution in [1.29, 1.82) is 0 Å². The van der Waals surface area contributed by atoms with Gasteiger partial charge >= 0.3 is 0 Å². The zero-order valence-corrected chi connectivity index (χ0v) is 15.7. The molecule has 0 spiro atoms. The molecule has 0 radical (unpaired) electrons. The van der Waals surface area contributed by atoms with Gasteiger partial charge in [-0.05, 0) is 46.5 Å². The van der Waals surface area contributed by atoms with Gasteiger partial charge in [0, 0.05) is 24.7 Å². The maximum atomic E-state index is 5.20. The molecule has 0 aliphatic heterocycles. The second kappa shape index (κ2) is 10.3. The molecule has 0 fully saturated rings. The second-order valence-corrected chi connectivity index (χ2v) is 6.68. The highest BCUT2D eigenvalue weighted by atomic mass is 16.5. The number of nitrogens with zero attached hydrogens (tertiary/aromatic N) is 2. The molecule has 1 unspecified atom stereocenters. The zero-order valence-electron chi connectivity index (χ0n) is 15.7. The number of hydrogen-bond acceptors (Lipinski definition) is 3. The van der Waals surface area contributed by atoms with Gasteiger partial charge in [0.05, 0.1) is 5.69 Å². The van der Waals surface area contributed by atoms with Gasteiger partial charge in [-0.15, -0.1) is 0 Å². The lowest BCUT2D eigenvalue weighted by Crippen LogP contribution is -2.42. The van der Waals surface area contributed by atoms with Gasteiger partial charge in [0.25, 0.3) is 0 Å². The quantitative estimate of drug-likeness (QED) is 0.538. The van der Waals surface area contributed by atoms with E-state index in [-0.39, 0.29) is 0 Å². The minimum absolute atomic E-state index is 0.436. The van der Waals surface area contributed by atoms with Crippen LogP contribution in [0.1, 0.15) is 64.0 Å². The Morgan fingerprint density at radius 2 is 1.96 bits per heavy atom. The van der Waals surface area contributed by atoms with Gasteiger partial charge in [0.2, 0.25) is 0 Å². The summed E-state index contributed by atoms with van der Waals surface area (Å²) in [6, 6.07) is 0.436. The predicted molar refractivity (Wildman–Crippen MR) is 96.9 cm³/mol. The summed E-state index contributed by atoms with van der Waals surface area (Å²) in [6.07, 6.45) is 4.57. The van der Waals surface area contributed by atoms with Crippen LogP contribution in [0.15, 0.2) is 9.52 Å². The molecule has 0 aliphatic rings. The van der Waals surface area contributed by atoms with Crippen LogP contribution in [0.4, 0.5) is 0 Å². The first kappa shape index (κ1) is 19.5. The van der Waals surface area contributed by atoms with E-state index in [2.05, 4.69) is 48.5 Å². The third-order valence-electron chi connectivity index (χ3n) is 3.96. The maximum Gasteiger partial charge on any atom is 0.191 e. The monoisotopic (exact) mass is 322 g/mol. The largest absolute Gasteiger partial charge is 0.361 e. The Kier molecular flexibility index (Phi) is 8.74. The first-order valence-corrected chi connectivity index (χ1v) is 8.90. The van der Waals surface area contributed by atoms with Gasteiger partial charge in [-0.1, -0.05) is 31.8 Å². The molecule has 0 amide bonds. The van der Waals surface area contributed by atoms with Gasteiger partial charge in [0.15, 0.2) is 5.96 Å². The first-order chi connectivity index (χ1) is 10.9. The number of aliphatic imine (C=N–C) groups is 1. The van der Waals surface area contributed by atoms with Gasteiger partial charge < -0.3 is 15.2 Å². The molecule has 0 saturated carbocycles. The maximum absolute atomic E-state index is 5.20. The van der Waals surface area contributed by atoms with Crippen molar-refractivity contribution in [1.82, 2.24) is 15.8 Å². The molecule has 1 rings (SSSR count). The van der Waals surface area contributed by atoms with Crippen LogP contribution >= 0.6 is 0 Å². The Hall–Kier alpha value is -1.52. The van der Waals surface area contributed by atoms with Crippen molar-refractivity contribution < 1.29 is 4.52 Å². The van der Waals surface area contributed by atoms with Crippen LogP contribution in [0.2, 0.25) is 0 Å². The van der Waals surface area contributed by atoms with E-state index in [1.807, 2.05) is 13.8 Å². The Labute approximate surface area is 141 Å². The first-order valence-electron chi connectivity index (χ1n) is 8.90. The van der Waals surface area contributed by atoms with Crippen LogP contribution < -0.4 is 10.6 Å². The smallest absolute Gasteiger partial charge is 0.191 e. The number of aromatic nitrogens is 1. The molecule has 2 N–H and O–H groups in total. The summed E-state index contributed by atoms with van der Waals surface area (Å²) in [7, 11) is 0. The third-order valence-corrected chi connectivity index (χ3v) is 3.96. The van der Waals surface area contributed by atoms with E-state index < -0.39 is 0 Å². The van der Waals surface area contributed by atoms with Crippen molar-refractivity contribution in [3.63, 3.8) is 0 Å². The molecule has 5 heteroatoms. The van der Waals surface area contributed by atoms with E-state index in [9.17, 15) is 0 Å². The molecule has 5 nitrogen and oxygen atoms in total. The molecule has 0 aromatic carbocycles. The van der Waals surface area contributed by atoms with Crippen LogP contribution in [0.3, 0.4) is 0 Å². The highest BCUT2D eigenvalue weighted by Gasteiger charge is 2.09. The van der Waals surface area contributed by atoms with Gasteiger partial charge in [-0.2, -0.15) is 0 Å². The van der Waals surface area contributed by atoms with E-state index >= 15 is 0 Å². The molecular formula is C18H34N4O. The lowest BCUT2D eigenvalue weighted by Gasteiger charge is -2.18. The number of hydrogen-bond donors (Lipinski definition) is 2. The van der Waals surface area contributed by atoms with Gasteiger partial charge in [-0.25, -0.2) is 0 Å². The number of guanidine groups is 1. The van der Waals surface area contributed by atoms with Crippen molar-refractivity contribution in [2.24, 2.45) is 10.9 Å². The van der Waals surface area contributed by atoms with Crippen LogP contribution in [0.5, 0.6) is 0 Å². The summed E-state index contributed by atoms with van der Waals surface area (Å²) in [5, 5.41) is 10.8. The Morgan fingerprint density at radius 1 is 1.22 bits per heavy atom. The number of aryl methyl sites for hydroxylation is 2. The fourth-order valence-corrected chi connectivity index (χ4v) is 2.60. The fraction of sp³-hybridized carbons (Fsp3) is 0.778. The fourth-order valence-electron chi connectivity index (χ4n) is 2.60. The molecule has 0 saturated heterocycles. The standard InChI is InChI=1S/C18H34N4O/c1-7-19-18(21-14(4)10-8-9-13(2)3)20-12-11-17-15(5)22-23-16(17)6/h13-14H,7-12H2,1-6H3,(H2,19,20,21). The van der Waals surface area contributed by atoms with E-state index in [0.29, 0.717) is 6.04 Å². The predicted octanol–water partition coefficient (Wildman–Crippen LogP) is 3.60. The van der Waals surface area contributed by atoms with E-state index in [1.165, 1.54) is 24.8 Å². The van der Waals surface area contributed by atoms with Crippen molar-refractivity contribution in [2.75, 3.05) is 13.1 Å². The lowest BCUT2D eigenvalue weighted by atomic mass is 10.0. The molecule has 0 aliphatic carbocycles. The summed E-state index contributed by atoms with van der Waals surface area (Å²) in [4.78, 5) is 4.68. The summed E-state index contributed by atoms with van der Waals surface area (Å²) < 4.78 is 5.20. The molecular weight excluding hydrogens is 288 g/mol. The number of rotatable bonds is 9. The van der Waals surface area contributed by atoms with Crippen molar-refractivity contribution in [3.05, 3.63) is 17.0 Å². The van der Waals surface area contributed by atoms with Crippen LogP contribution in [-0.2, 0) is 6.42 Å². The lowest BCUT2D eigenvalue weighted by molar-refractivity contribution is 0.392. The Bertz CT molecular complexity index is 460. The van der Waals surface area contributed by atoms with Crippen molar-refractivity contribution in [2.45, 2.75) is 73.3 Å². The third kappa shape index (κ3) is 7.53. The highest BCUT2D eigenvalue weighted by Crippen LogP contribution is 2.12. The molecule has 1 aromatic rings. The second-order valence-electron chi connectivity index (χ2n) is 6.68. The normalized spacial score (nSPS) is 13.4. The topological polar surface area (TPSA) is 62.5 Å². The van der Waals surface area contributed by atoms with E-state index in [0.717, 1.165) is 42.8 Å². The molecule has 23 heavy (non-hydrogen) atoms. The average molecular weight is 322 g/mol. The van der Waals surface area contributed by atoms with Gasteiger partial charge in [0.1, 0.15) is 5.76 Å². The van der Waals surface area contributed by atoms with Crippen LogP contribution in [-0.4, -0.2) is 30.2 Å². The highest BCUT2D eigenvalue weighted by molar-refractivity contribution is 5.80. The van der Waals surface area contributed by atoms with Crippen molar-refractivity contribution in [3.8, 4) is 0 Å². The van der Waals surface area contributed by atoms with Gasteiger partial charge in [-0.3, -0.25) is 4.99 Å². The minimum Gasteiger partial charge on any atom is -0.361 e. The Morgan fingerprint density at radius 3 is 2.52 bits per heavy atom. The summed E-state index contributed by atoms with van der Waals surface area (Å²) in [5.74, 6) is 2.58. The van der Waals surface area contributed by atoms with Crippen molar-refractivity contribution >= 4 is 5.96 Å². The van der Waals surface area contributed by atoms with Crippen LogP contribution in [0, 0.1) is 19.8 Å². The summed E-state index contributed by atoms with van der Waals surface area (Å²) in [5.41, 5.74) is 2.15. The molecule has 1 aromatic heterocycles. The Balaban J connectivity index is 2.46. The van der Waals surface area contributed by atoms with E-state index in [4.69, 9.17) is 4.52 Å². The zero-order chi connectivity index (χ0) is 17.2. The molecule has 0 bridgehead atoms. The molecule has 1 atom stereocenters. The van der Waals surface area contributed by atoms with E-state index in [1.54, 1.807) is 0 Å². The molecule has 132 valence electrons. The summed E-state index contributed by atoms with van der Waals surface area (Å²) in [6.45, 7) is 14.4. The average Bonchev–Trinajstić information content (AvgIpc) is 2.78. The van der Waals surface area contributed by atoms with Crippen LogP contribution in [0.25, 0.3) is 0 Å².